The average Bonchev–Trinajstić information content (AvgIpc) is 2.80. The third-order valence-corrected chi connectivity index (χ3v) is 3.95. The zero-order chi connectivity index (χ0) is 18.3. The lowest BCUT2D eigenvalue weighted by Crippen LogP contribution is -2.37. The molecule has 24 heavy (non-hydrogen) atoms. The maximum atomic E-state index is 11.4. The Kier molecular flexibility index (Phi) is 7.54. The molecule has 2 rings (SSSR count). The number of allylic oxidation sites excluding steroid dienone is 1. The zero-order valence-corrected chi connectivity index (χ0v) is 14.3. The normalized spacial score (nSPS) is 13.8. The minimum atomic E-state index is -0.548. The number of fused-ring (bicyclic) bond motifs is 1. The van der Waals surface area contributed by atoms with Crippen LogP contribution in [0.1, 0.15) is 31.7 Å². The van der Waals surface area contributed by atoms with Crippen LogP contribution in [0.3, 0.4) is 0 Å². The van der Waals surface area contributed by atoms with Crippen LogP contribution in [-0.2, 0) is 0 Å². The minimum absolute atomic E-state index is 0.0812. The maximum absolute atomic E-state index is 11.4. The quantitative estimate of drug-likeness (QED) is 0.494. The lowest BCUT2D eigenvalue weighted by Gasteiger charge is -2.13. The highest BCUT2D eigenvalue weighted by atomic mass is 35.5. The number of nitro benzene ring substituents is 1. The molecule has 1 aliphatic carbocycles. The van der Waals surface area contributed by atoms with Gasteiger partial charge in [-0.05, 0) is 11.6 Å². The van der Waals surface area contributed by atoms with Crippen LogP contribution >= 0.6 is 11.6 Å². The van der Waals surface area contributed by atoms with E-state index < -0.39 is 9.85 Å². The van der Waals surface area contributed by atoms with Crippen molar-refractivity contribution in [2.45, 2.75) is 26.2 Å². The summed E-state index contributed by atoms with van der Waals surface area (Å²) >= 11 is 5.90. The molecule has 0 aromatic heterocycles. The lowest BCUT2D eigenvalue weighted by atomic mass is 9.95. The van der Waals surface area contributed by atoms with Crippen LogP contribution in [0.4, 0.5) is 5.69 Å². The first-order chi connectivity index (χ1) is 11.5. The van der Waals surface area contributed by atoms with Crippen molar-refractivity contribution in [3.63, 3.8) is 0 Å². The largest absolute Gasteiger partial charge is 0.330 e. The molecule has 0 spiro atoms. The van der Waals surface area contributed by atoms with Gasteiger partial charge in [-0.1, -0.05) is 32.1 Å². The molecule has 7 nitrogen and oxygen atoms in total. The van der Waals surface area contributed by atoms with Gasteiger partial charge < -0.3 is 5.73 Å². The Morgan fingerprint density at radius 3 is 2.42 bits per heavy atom. The van der Waals surface area contributed by atoms with E-state index in [-0.39, 0.29) is 46.6 Å². The van der Waals surface area contributed by atoms with E-state index >= 15 is 0 Å². The fourth-order valence-electron chi connectivity index (χ4n) is 2.50. The van der Waals surface area contributed by atoms with Gasteiger partial charge in [-0.25, -0.2) is 0 Å². The molecule has 0 heterocycles. The summed E-state index contributed by atoms with van der Waals surface area (Å²) in [4.78, 5) is 21.6. The third-order valence-electron chi connectivity index (χ3n) is 3.58. The molecule has 0 bridgehead atoms. The van der Waals surface area contributed by atoms with Crippen molar-refractivity contribution >= 4 is 29.1 Å². The number of nitrogens with two attached hydrogens (primary N) is 1. The van der Waals surface area contributed by atoms with E-state index in [9.17, 15) is 20.2 Å². The number of benzene rings is 1. The van der Waals surface area contributed by atoms with E-state index in [0.717, 1.165) is 0 Å². The van der Waals surface area contributed by atoms with Crippen LogP contribution in [0.5, 0.6) is 0 Å². The number of hydrogen-bond donors (Lipinski definition) is 1. The average molecular weight is 354 g/mol. The lowest BCUT2D eigenvalue weighted by molar-refractivity contribution is -0.387. The smallest absolute Gasteiger partial charge is 0.277 e. The van der Waals surface area contributed by atoms with Crippen molar-refractivity contribution in [3.05, 3.63) is 60.5 Å². The molecule has 1 unspecified atom stereocenters. The van der Waals surface area contributed by atoms with E-state index in [4.69, 9.17) is 17.3 Å². The molecule has 0 saturated carbocycles. The summed E-state index contributed by atoms with van der Waals surface area (Å²) in [6, 6.07) is 2.86. The van der Waals surface area contributed by atoms with Gasteiger partial charge in [0.1, 0.15) is 0 Å². The van der Waals surface area contributed by atoms with Gasteiger partial charge in [0.25, 0.3) is 11.4 Å². The fourth-order valence-corrected chi connectivity index (χ4v) is 2.79. The predicted octanol–water partition coefficient (Wildman–Crippen LogP) is 2.03. The first kappa shape index (κ1) is 19.8. The van der Waals surface area contributed by atoms with E-state index in [0.29, 0.717) is 5.56 Å². The Labute approximate surface area is 144 Å². The molecule has 2 N–H and O–H groups in total. The van der Waals surface area contributed by atoms with Gasteiger partial charge in [0.15, 0.2) is 0 Å². The maximum Gasteiger partial charge on any atom is 0.277 e. The van der Waals surface area contributed by atoms with Crippen molar-refractivity contribution in [3.8, 4) is 0 Å². The summed E-state index contributed by atoms with van der Waals surface area (Å²) < 4.78 is 0. The molecule has 8 heteroatoms. The molecule has 0 fully saturated rings. The summed E-state index contributed by atoms with van der Waals surface area (Å²) in [6.07, 6.45) is 4.80. The first-order valence-electron chi connectivity index (χ1n) is 7.59. The standard InChI is InChI=1S/C14H14ClN3O4.C2H6/c15-7-9(8-16)10-5-6-12(17(19)20)11-3-1-2-4-13(14(10)11)18(21)22;1-2/h1-3,5-6,9H,4,7-8,16H2;1-2H3. The topological polar surface area (TPSA) is 112 Å². The highest BCUT2D eigenvalue weighted by Crippen LogP contribution is 2.17. The molecular formula is C16H20ClN3O4. The highest BCUT2D eigenvalue weighted by molar-refractivity contribution is 6.18. The van der Waals surface area contributed by atoms with Crippen LogP contribution in [0, 0.1) is 20.2 Å². The number of alkyl halides is 1. The predicted molar refractivity (Wildman–Crippen MR) is 94.8 cm³/mol. The van der Waals surface area contributed by atoms with Gasteiger partial charge in [-0.2, -0.15) is 0 Å². The van der Waals surface area contributed by atoms with Crippen LogP contribution in [-0.4, -0.2) is 22.3 Å². The van der Waals surface area contributed by atoms with Gasteiger partial charge in [0.05, 0.1) is 26.7 Å². The van der Waals surface area contributed by atoms with E-state index in [1.165, 1.54) is 18.2 Å². The number of rotatable bonds is 5. The van der Waals surface area contributed by atoms with Crippen molar-refractivity contribution in [1.29, 1.82) is 0 Å². The molecule has 1 aromatic carbocycles. The van der Waals surface area contributed by atoms with Gasteiger partial charge >= 0.3 is 0 Å². The number of nitro groups is 2. The van der Waals surface area contributed by atoms with Gasteiger partial charge in [0, 0.05) is 24.4 Å². The monoisotopic (exact) mass is 353 g/mol. The molecule has 1 aliphatic rings. The van der Waals surface area contributed by atoms with Crippen molar-refractivity contribution in [1.82, 2.24) is 0 Å². The molecular weight excluding hydrogens is 334 g/mol. The van der Waals surface area contributed by atoms with Crippen LogP contribution in [0.2, 0.25) is 0 Å². The zero-order valence-electron chi connectivity index (χ0n) is 13.6. The Hall–Kier alpha value is -2.25. The minimum Gasteiger partial charge on any atom is -0.330 e. The Morgan fingerprint density at radius 1 is 1.25 bits per heavy atom. The molecule has 1 atom stereocenters. The number of halogens is 1. The second kappa shape index (κ2) is 9.14. The summed E-state index contributed by atoms with van der Waals surface area (Å²) in [5, 5.41) is 23.1. The van der Waals surface area contributed by atoms with Gasteiger partial charge in [0.2, 0.25) is 0 Å². The van der Waals surface area contributed by atoms with E-state index in [1.807, 2.05) is 13.8 Å². The molecule has 0 saturated heterocycles. The third kappa shape index (κ3) is 3.98. The van der Waals surface area contributed by atoms with Crippen molar-refractivity contribution < 1.29 is 9.85 Å². The molecule has 1 aromatic rings. The molecule has 0 aliphatic heterocycles. The van der Waals surface area contributed by atoms with E-state index in [1.54, 1.807) is 12.2 Å². The SMILES string of the molecule is CC.NCC(CCl)c1ccc([N+](=O)[O-])c2c1=C([N+](=O)[O-])CC=CC=2. The van der Waals surface area contributed by atoms with Crippen LogP contribution < -0.4 is 16.2 Å². The first-order valence-corrected chi connectivity index (χ1v) is 8.12. The van der Waals surface area contributed by atoms with Gasteiger partial charge in [-0.15, -0.1) is 11.6 Å². The Balaban J connectivity index is 0.00000139. The summed E-state index contributed by atoms with van der Waals surface area (Å²) in [5.74, 6) is -0.128. The van der Waals surface area contributed by atoms with Crippen molar-refractivity contribution in [2.75, 3.05) is 12.4 Å². The molecule has 0 amide bonds. The summed E-state index contributed by atoms with van der Waals surface area (Å²) in [7, 11) is 0. The van der Waals surface area contributed by atoms with Crippen LogP contribution in [0.15, 0.2) is 24.3 Å². The van der Waals surface area contributed by atoms with E-state index in [2.05, 4.69) is 0 Å². The Bertz CT molecular complexity index is 770. The van der Waals surface area contributed by atoms with Crippen molar-refractivity contribution in [2.24, 2.45) is 5.73 Å². The molecule has 130 valence electrons. The van der Waals surface area contributed by atoms with Crippen LogP contribution in [0.25, 0.3) is 11.8 Å². The number of nitrogens with zero attached hydrogens (tertiary/aromatic N) is 2. The second-order valence-corrected chi connectivity index (χ2v) is 5.12. The second-order valence-electron chi connectivity index (χ2n) is 4.81. The van der Waals surface area contributed by atoms with Gasteiger partial charge in [-0.3, -0.25) is 20.2 Å². The molecule has 0 radical (unpaired) electrons. The highest BCUT2D eigenvalue weighted by Gasteiger charge is 2.23. The summed E-state index contributed by atoms with van der Waals surface area (Å²) in [5.41, 5.74) is 6.00. The Morgan fingerprint density at radius 2 is 1.92 bits per heavy atom. The number of non-ortho nitro benzene ring substituents is 1. The number of hydrogen-bond acceptors (Lipinski definition) is 5. The fraction of sp³-hybridized carbons (Fsp3) is 0.375. The summed E-state index contributed by atoms with van der Waals surface area (Å²) in [6.45, 7) is 4.20.